The van der Waals surface area contributed by atoms with Gasteiger partial charge in [0.1, 0.15) is 12.2 Å². The summed E-state index contributed by atoms with van der Waals surface area (Å²) >= 11 is 0. The number of aliphatic hydroxyl groups is 3. The predicted molar refractivity (Wildman–Crippen MR) is 205 cm³/mol. The van der Waals surface area contributed by atoms with Gasteiger partial charge in [-0.25, -0.2) is 18.7 Å². The Morgan fingerprint density at radius 3 is 1.62 bits per heavy atom. The minimum absolute atomic E-state index is 0.00513. The first-order valence-corrected chi connectivity index (χ1v) is 20.1. The van der Waals surface area contributed by atoms with Crippen LogP contribution < -0.4 is 15.4 Å². The van der Waals surface area contributed by atoms with Crippen molar-refractivity contribution in [3.05, 3.63) is 41.0 Å². The maximum Gasteiger partial charge on any atom is 0.313 e. The van der Waals surface area contributed by atoms with Crippen molar-refractivity contribution in [2.24, 2.45) is 5.11 Å². The Labute approximate surface area is 361 Å². The van der Waals surface area contributed by atoms with Crippen LogP contribution in [0.1, 0.15) is 25.7 Å². The second-order valence-electron chi connectivity index (χ2n) is 13.0. The van der Waals surface area contributed by atoms with Gasteiger partial charge in [0.25, 0.3) is 0 Å². The van der Waals surface area contributed by atoms with Crippen molar-refractivity contribution < 1.29 is 99.0 Å². The van der Waals surface area contributed by atoms with Gasteiger partial charge in [0, 0.05) is 38.6 Å². The van der Waals surface area contributed by atoms with E-state index in [0.717, 1.165) is 0 Å². The van der Waals surface area contributed by atoms with E-state index in [1.165, 1.54) is 0 Å². The Kier molecular flexibility index (Phi) is 30.7. The summed E-state index contributed by atoms with van der Waals surface area (Å²) in [6, 6.07) is 0. The highest BCUT2D eigenvalue weighted by atomic mass is 19.2. The summed E-state index contributed by atoms with van der Waals surface area (Å²) in [7, 11) is 0. The van der Waals surface area contributed by atoms with Crippen LogP contribution in [0.4, 0.5) is 22.0 Å². The van der Waals surface area contributed by atoms with Crippen molar-refractivity contribution >= 4 is 11.9 Å². The van der Waals surface area contributed by atoms with E-state index in [1.54, 1.807) is 6.20 Å². The van der Waals surface area contributed by atoms with Crippen LogP contribution in [-0.4, -0.2) is 184 Å². The fourth-order valence-electron chi connectivity index (χ4n) is 4.98. The lowest BCUT2D eigenvalue weighted by Gasteiger charge is -2.36. The molecule has 0 bridgehead atoms. The average molecular weight is 923 g/mol. The number of carbonyl (C=O) groups is 2. The lowest BCUT2D eigenvalue weighted by Crippen LogP contribution is -2.50. The minimum Gasteiger partial charge on any atom is -0.420 e. The molecular formula is C38H59F5N4O16. The normalized spacial score (nSPS) is 17.8. The van der Waals surface area contributed by atoms with Gasteiger partial charge in [0.15, 0.2) is 6.29 Å². The first-order valence-electron chi connectivity index (χ1n) is 20.1. The molecule has 1 amide bonds. The monoisotopic (exact) mass is 922 g/mol. The van der Waals surface area contributed by atoms with E-state index >= 15 is 0 Å². The highest BCUT2D eigenvalue weighted by Crippen LogP contribution is 2.29. The Morgan fingerprint density at radius 1 is 0.651 bits per heavy atom. The SMILES string of the molecule is N=N/C(=C\NCCOCCOCCOCCOCCOCCOCCNC(=O)CCOCCOCCC(=O)Oc1c(F)c(F)c(F)c(F)c1F)CCO[C@H]1C[C@@H](O)[C@@H](O)[C@@H](CO)O1. The molecule has 0 aromatic heterocycles. The summed E-state index contributed by atoms with van der Waals surface area (Å²) in [5.41, 5.74) is 7.74. The number of esters is 1. The number of amides is 1. The Hall–Kier alpha value is -3.57. The molecule has 1 fully saturated rings. The third-order valence-electron chi connectivity index (χ3n) is 8.29. The van der Waals surface area contributed by atoms with Crippen LogP contribution in [0, 0.1) is 34.6 Å². The van der Waals surface area contributed by atoms with Crippen LogP contribution in [0.25, 0.3) is 0 Å². The van der Waals surface area contributed by atoms with Crippen LogP contribution in [0.15, 0.2) is 17.0 Å². The first-order chi connectivity index (χ1) is 30.5. The van der Waals surface area contributed by atoms with Gasteiger partial charge in [0.2, 0.25) is 40.7 Å². The molecule has 0 unspecified atom stereocenters. The van der Waals surface area contributed by atoms with E-state index < -0.39 is 78.4 Å². The van der Waals surface area contributed by atoms with Crippen molar-refractivity contribution in [3.8, 4) is 5.75 Å². The number of benzene rings is 1. The molecule has 1 aliphatic rings. The quantitative estimate of drug-likeness (QED) is 0.0103. The molecule has 1 saturated heterocycles. The molecule has 1 aromatic rings. The Bertz CT molecular complexity index is 1450. The van der Waals surface area contributed by atoms with Crippen LogP contribution in [0.2, 0.25) is 0 Å². The molecule has 1 aromatic carbocycles. The first kappa shape index (κ1) is 55.6. The zero-order chi connectivity index (χ0) is 46.1. The fraction of sp³-hybridized carbons (Fsp3) is 0.737. The molecule has 6 N–H and O–H groups in total. The van der Waals surface area contributed by atoms with Crippen molar-refractivity contribution in [2.45, 2.75) is 50.3 Å². The zero-order valence-corrected chi connectivity index (χ0v) is 34.8. The number of halogens is 5. The van der Waals surface area contributed by atoms with Gasteiger partial charge in [-0.3, -0.25) is 9.59 Å². The van der Waals surface area contributed by atoms with Gasteiger partial charge in [-0.05, 0) is 0 Å². The lowest BCUT2D eigenvalue weighted by atomic mass is 10.0. The lowest BCUT2D eigenvalue weighted by molar-refractivity contribution is -0.256. The van der Waals surface area contributed by atoms with Gasteiger partial charge in [0.05, 0.1) is 137 Å². The molecular weight excluding hydrogens is 863 g/mol. The summed E-state index contributed by atoms with van der Waals surface area (Å²) in [6.07, 6.45) is -2.45. The highest BCUT2D eigenvalue weighted by Gasteiger charge is 2.36. The molecule has 63 heavy (non-hydrogen) atoms. The minimum atomic E-state index is -2.37. The molecule has 0 aliphatic carbocycles. The van der Waals surface area contributed by atoms with Gasteiger partial charge in [-0.15, -0.1) is 0 Å². The summed E-state index contributed by atoms with van der Waals surface area (Å²) < 4.78 is 125. The predicted octanol–water partition coefficient (Wildman–Crippen LogP) is 1.01. The van der Waals surface area contributed by atoms with Gasteiger partial charge >= 0.3 is 5.97 Å². The average Bonchev–Trinajstić information content (AvgIpc) is 3.27. The van der Waals surface area contributed by atoms with E-state index in [2.05, 4.69) is 20.5 Å². The number of nitrogens with one attached hydrogen (secondary N) is 3. The fourth-order valence-corrected chi connectivity index (χ4v) is 4.98. The number of rotatable bonds is 38. The summed E-state index contributed by atoms with van der Waals surface area (Å²) in [6.45, 7) is 4.81. The van der Waals surface area contributed by atoms with Crippen LogP contribution >= 0.6 is 0 Å². The van der Waals surface area contributed by atoms with E-state index in [1.807, 2.05) is 0 Å². The molecule has 20 nitrogen and oxygen atoms in total. The molecule has 0 spiro atoms. The number of ether oxygens (including phenoxy) is 11. The largest absolute Gasteiger partial charge is 0.420 e. The van der Waals surface area contributed by atoms with Gasteiger partial charge in [-0.1, -0.05) is 0 Å². The summed E-state index contributed by atoms with van der Waals surface area (Å²) in [5.74, 6) is -14.6. The number of carbonyl (C=O) groups excluding carboxylic acids is 2. The summed E-state index contributed by atoms with van der Waals surface area (Å²) in [4.78, 5) is 23.6. The molecule has 4 atom stereocenters. The standard InChI is InChI=1S/C38H59F5N4O16/c39-32-33(40)35(42)38(36(43)34(32)41)63-30(51)3-7-54-12-11-53-6-2-29(50)46-5-10-56-14-16-58-18-20-60-22-21-59-19-17-57-15-13-55-9-4-45-24-26(47-44)1-8-61-31-23-27(49)37(52)28(25-48)62-31/h24,27-28,31,37,44-45,48-49,52H,1-23,25H2,(H,46,50)/b26-24-,47-44?/t27-,28-,31-,37-/m1/s1. The Morgan fingerprint density at radius 2 is 1.11 bits per heavy atom. The van der Waals surface area contributed by atoms with Crippen molar-refractivity contribution in [1.29, 1.82) is 5.53 Å². The molecule has 2 rings (SSSR count). The van der Waals surface area contributed by atoms with E-state index in [0.29, 0.717) is 91.3 Å². The topological polar surface area (TPSA) is 257 Å². The van der Waals surface area contributed by atoms with E-state index in [-0.39, 0.29) is 64.9 Å². The smallest absolute Gasteiger partial charge is 0.313 e. The number of hydrogen-bond donors (Lipinski definition) is 6. The van der Waals surface area contributed by atoms with Crippen molar-refractivity contribution in [2.75, 3.05) is 132 Å². The maximum absolute atomic E-state index is 13.6. The number of nitrogens with zero attached hydrogens (tertiary/aromatic N) is 1. The van der Waals surface area contributed by atoms with Crippen LogP contribution in [0.3, 0.4) is 0 Å². The third-order valence-corrected chi connectivity index (χ3v) is 8.29. The summed E-state index contributed by atoms with van der Waals surface area (Å²) in [5, 5.41) is 38.0. The second-order valence-corrected chi connectivity index (χ2v) is 13.0. The van der Waals surface area contributed by atoms with Gasteiger partial charge in [-0.2, -0.15) is 13.9 Å². The maximum atomic E-state index is 13.6. The molecule has 1 aliphatic heterocycles. The van der Waals surface area contributed by atoms with Crippen LogP contribution in [-0.2, 0) is 57.0 Å². The van der Waals surface area contributed by atoms with Crippen molar-refractivity contribution in [3.63, 3.8) is 0 Å². The molecule has 1 heterocycles. The molecule has 0 saturated carbocycles. The molecule has 25 heteroatoms. The van der Waals surface area contributed by atoms with Crippen molar-refractivity contribution in [1.82, 2.24) is 10.6 Å². The van der Waals surface area contributed by atoms with Gasteiger partial charge < -0.3 is 78.1 Å². The molecule has 0 radical (unpaired) electrons. The highest BCUT2D eigenvalue weighted by molar-refractivity contribution is 5.75. The molecule has 362 valence electrons. The Balaban J connectivity index is 1.26. The third kappa shape index (κ3) is 24.3. The van der Waals surface area contributed by atoms with E-state index in [4.69, 9.17) is 52.9 Å². The van der Waals surface area contributed by atoms with E-state index in [9.17, 15) is 46.9 Å². The number of aliphatic hydroxyl groups excluding tert-OH is 3. The number of hydrogen-bond acceptors (Lipinski definition) is 19. The zero-order valence-electron chi connectivity index (χ0n) is 34.8. The van der Waals surface area contributed by atoms with Crippen LogP contribution in [0.5, 0.6) is 5.75 Å². The second kappa shape index (κ2) is 34.8.